The van der Waals surface area contributed by atoms with Crippen LogP contribution in [0, 0.1) is 5.92 Å². The molecule has 0 aromatic heterocycles. The van der Waals surface area contributed by atoms with E-state index in [2.05, 4.69) is 29.3 Å². The van der Waals surface area contributed by atoms with Crippen LogP contribution in [-0.2, 0) is 11.2 Å². The summed E-state index contributed by atoms with van der Waals surface area (Å²) in [6.45, 7) is 0. The van der Waals surface area contributed by atoms with E-state index < -0.39 is 12.0 Å². The number of carboxylic acid groups (broad SMARTS) is 1. The second-order valence-electron chi connectivity index (χ2n) is 4.84. The minimum absolute atomic E-state index is 0.333. The lowest BCUT2D eigenvalue weighted by atomic mass is 9.97. The summed E-state index contributed by atoms with van der Waals surface area (Å²) in [7, 11) is 0. The standard InChI is InChI=1S/C15H19NO2S/c1-19-14-12(10-13(16-14)15(17)18)9-5-8-11-6-3-2-4-7-11/h2-4,6-7,12-13H,5,8-10H2,1H3,(H,17,18)/t12-,13-/m0/s1. The molecule has 2 atom stereocenters. The molecular formula is C15H19NO2S. The van der Waals surface area contributed by atoms with Gasteiger partial charge in [-0.05, 0) is 37.5 Å². The minimum Gasteiger partial charge on any atom is -0.480 e. The summed E-state index contributed by atoms with van der Waals surface area (Å²) in [6, 6.07) is 9.89. The lowest BCUT2D eigenvalue weighted by Crippen LogP contribution is -2.16. The number of nitrogens with zero attached hydrogens (tertiary/aromatic N) is 1. The second-order valence-corrected chi connectivity index (χ2v) is 5.66. The Labute approximate surface area is 118 Å². The van der Waals surface area contributed by atoms with Crippen LogP contribution in [0.5, 0.6) is 0 Å². The SMILES string of the molecule is CSC1=N[C@H](C(=O)O)C[C@@H]1CCCc1ccccc1. The van der Waals surface area contributed by atoms with Crippen molar-refractivity contribution in [2.24, 2.45) is 10.9 Å². The number of aliphatic imine (C=N–C) groups is 1. The minimum atomic E-state index is -0.794. The fourth-order valence-corrected chi connectivity index (χ4v) is 3.28. The maximum absolute atomic E-state index is 11.0. The molecule has 3 nitrogen and oxygen atoms in total. The third kappa shape index (κ3) is 3.83. The van der Waals surface area contributed by atoms with Crippen molar-refractivity contribution >= 4 is 22.8 Å². The topological polar surface area (TPSA) is 49.7 Å². The van der Waals surface area contributed by atoms with E-state index in [9.17, 15) is 4.79 Å². The number of aliphatic carboxylic acids is 1. The summed E-state index contributed by atoms with van der Waals surface area (Å²) in [4.78, 5) is 15.3. The van der Waals surface area contributed by atoms with E-state index in [0.717, 1.165) is 24.3 Å². The second kappa shape index (κ2) is 6.75. The predicted molar refractivity (Wildman–Crippen MR) is 79.9 cm³/mol. The Kier molecular flexibility index (Phi) is 5.02. The monoisotopic (exact) mass is 277 g/mol. The van der Waals surface area contributed by atoms with E-state index >= 15 is 0 Å². The Hall–Kier alpha value is -1.29. The predicted octanol–water partition coefficient (Wildman–Crippen LogP) is 3.24. The number of rotatable bonds is 5. The molecule has 0 saturated heterocycles. The van der Waals surface area contributed by atoms with E-state index in [-0.39, 0.29) is 0 Å². The van der Waals surface area contributed by atoms with Crippen molar-refractivity contribution in [2.75, 3.05) is 6.26 Å². The molecular weight excluding hydrogens is 258 g/mol. The Morgan fingerprint density at radius 2 is 2.16 bits per heavy atom. The van der Waals surface area contributed by atoms with Gasteiger partial charge in [0.1, 0.15) is 6.04 Å². The van der Waals surface area contributed by atoms with E-state index in [4.69, 9.17) is 5.11 Å². The fraction of sp³-hybridized carbons (Fsp3) is 0.467. The molecule has 1 heterocycles. The summed E-state index contributed by atoms with van der Waals surface area (Å²) in [5.41, 5.74) is 1.35. The first kappa shape index (κ1) is 14.1. The van der Waals surface area contributed by atoms with E-state index in [1.165, 1.54) is 5.56 Å². The van der Waals surface area contributed by atoms with Crippen LogP contribution in [0.25, 0.3) is 0 Å². The van der Waals surface area contributed by atoms with Crippen molar-refractivity contribution in [3.05, 3.63) is 35.9 Å². The number of carboxylic acids is 1. The normalized spacial score (nSPS) is 22.3. The van der Waals surface area contributed by atoms with Crippen molar-refractivity contribution in [3.8, 4) is 0 Å². The summed E-state index contributed by atoms with van der Waals surface area (Å²) in [5.74, 6) is -0.461. The van der Waals surface area contributed by atoms with Crippen LogP contribution >= 0.6 is 11.8 Å². The molecule has 0 spiro atoms. The quantitative estimate of drug-likeness (QED) is 0.899. The molecule has 1 aliphatic rings. The zero-order chi connectivity index (χ0) is 13.7. The number of benzene rings is 1. The lowest BCUT2D eigenvalue weighted by molar-refractivity contribution is -0.138. The van der Waals surface area contributed by atoms with Crippen LogP contribution in [0.2, 0.25) is 0 Å². The summed E-state index contributed by atoms with van der Waals surface area (Å²) in [5, 5.41) is 10.0. The van der Waals surface area contributed by atoms with Crippen LogP contribution in [0.3, 0.4) is 0 Å². The molecule has 0 unspecified atom stereocenters. The molecule has 0 bridgehead atoms. The number of aryl methyl sites for hydroxylation is 1. The lowest BCUT2D eigenvalue weighted by Gasteiger charge is -2.11. The number of carbonyl (C=O) groups is 1. The highest BCUT2D eigenvalue weighted by molar-refractivity contribution is 8.13. The van der Waals surface area contributed by atoms with E-state index in [1.807, 2.05) is 12.3 Å². The van der Waals surface area contributed by atoms with E-state index in [0.29, 0.717) is 12.3 Å². The van der Waals surface area contributed by atoms with Gasteiger partial charge in [-0.3, -0.25) is 4.99 Å². The van der Waals surface area contributed by atoms with Gasteiger partial charge in [-0.15, -0.1) is 11.8 Å². The molecule has 2 rings (SSSR count). The molecule has 0 fully saturated rings. The molecule has 1 aromatic rings. The smallest absolute Gasteiger partial charge is 0.328 e. The van der Waals surface area contributed by atoms with Crippen LogP contribution in [0.4, 0.5) is 0 Å². The van der Waals surface area contributed by atoms with Gasteiger partial charge in [0.05, 0.1) is 5.04 Å². The third-order valence-corrected chi connectivity index (χ3v) is 4.35. The van der Waals surface area contributed by atoms with E-state index in [1.54, 1.807) is 11.8 Å². The zero-order valence-corrected chi connectivity index (χ0v) is 11.9. The van der Waals surface area contributed by atoms with Crippen LogP contribution in [-0.4, -0.2) is 28.4 Å². The molecule has 19 heavy (non-hydrogen) atoms. The van der Waals surface area contributed by atoms with Crippen LogP contribution in [0.1, 0.15) is 24.8 Å². The van der Waals surface area contributed by atoms with Gasteiger partial charge in [-0.2, -0.15) is 0 Å². The van der Waals surface area contributed by atoms with Crippen LogP contribution in [0.15, 0.2) is 35.3 Å². The summed E-state index contributed by atoms with van der Waals surface area (Å²) < 4.78 is 0. The zero-order valence-electron chi connectivity index (χ0n) is 11.1. The molecule has 102 valence electrons. The maximum Gasteiger partial charge on any atom is 0.328 e. The Morgan fingerprint density at radius 1 is 1.42 bits per heavy atom. The highest BCUT2D eigenvalue weighted by Gasteiger charge is 2.31. The average molecular weight is 277 g/mol. The Bertz CT molecular complexity index is 458. The van der Waals surface area contributed by atoms with Gasteiger partial charge in [0.2, 0.25) is 0 Å². The van der Waals surface area contributed by atoms with Crippen molar-refractivity contribution in [3.63, 3.8) is 0 Å². The van der Waals surface area contributed by atoms with Crippen molar-refractivity contribution in [2.45, 2.75) is 31.7 Å². The summed E-state index contributed by atoms with van der Waals surface area (Å²) in [6.07, 6.45) is 5.81. The van der Waals surface area contributed by atoms with Gasteiger partial charge >= 0.3 is 5.97 Å². The van der Waals surface area contributed by atoms with Gasteiger partial charge in [0.15, 0.2) is 0 Å². The number of hydrogen-bond donors (Lipinski definition) is 1. The molecule has 0 amide bonds. The largest absolute Gasteiger partial charge is 0.480 e. The van der Waals surface area contributed by atoms with Gasteiger partial charge in [-0.1, -0.05) is 30.3 Å². The Balaban J connectivity index is 1.83. The molecule has 1 N–H and O–H groups in total. The number of hydrogen-bond acceptors (Lipinski definition) is 3. The molecule has 4 heteroatoms. The van der Waals surface area contributed by atoms with Crippen molar-refractivity contribution in [1.82, 2.24) is 0 Å². The van der Waals surface area contributed by atoms with Gasteiger partial charge in [-0.25, -0.2) is 4.79 Å². The molecule has 1 aliphatic heterocycles. The third-order valence-electron chi connectivity index (χ3n) is 3.50. The first-order chi connectivity index (χ1) is 9.20. The van der Waals surface area contributed by atoms with Crippen molar-refractivity contribution in [1.29, 1.82) is 0 Å². The van der Waals surface area contributed by atoms with Gasteiger partial charge < -0.3 is 5.11 Å². The van der Waals surface area contributed by atoms with Crippen LogP contribution < -0.4 is 0 Å². The van der Waals surface area contributed by atoms with Crippen molar-refractivity contribution < 1.29 is 9.90 Å². The van der Waals surface area contributed by atoms with Gasteiger partial charge in [0, 0.05) is 5.92 Å². The first-order valence-electron chi connectivity index (χ1n) is 6.59. The molecule has 0 radical (unpaired) electrons. The molecule has 0 saturated carbocycles. The number of thioether (sulfide) groups is 1. The summed E-state index contributed by atoms with van der Waals surface area (Å²) >= 11 is 1.59. The van der Waals surface area contributed by atoms with Gasteiger partial charge in [0.25, 0.3) is 0 Å². The molecule has 0 aliphatic carbocycles. The average Bonchev–Trinajstić information content (AvgIpc) is 2.83. The highest BCUT2D eigenvalue weighted by Crippen LogP contribution is 2.30. The maximum atomic E-state index is 11.0. The fourth-order valence-electron chi connectivity index (χ4n) is 2.50. The first-order valence-corrected chi connectivity index (χ1v) is 7.81. The Morgan fingerprint density at radius 3 is 2.79 bits per heavy atom. The highest BCUT2D eigenvalue weighted by atomic mass is 32.2. The molecule has 1 aromatic carbocycles.